The Hall–Kier alpha value is -2.43. The Morgan fingerprint density at radius 2 is 2.00 bits per heavy atom. The number of anilines is 2. The molecule has 0 fully saturated rings. The molecule has 1 N–H and O–H groups in total. The van der Waals surface area contributed by atoms with Gasteiger partial charge in [-0.15, -0.1) is 0 Å². The summed E-state index contributed by atoms with van der Waals surface area (Å²) in [5, 5.41) is 3.17. The smallest absolute Gasteiger partial charge is 0.262 e. The zero-order chi connectivity index (χ0) is 14.4. The van der Waals surface area contributed by atoms with Gasteiger partial charge in [0.2, 0.25) is 0 Å². The lowest BCUT2D eigenvalue weighted by Crippen LogP contribution is -2.28. The van der Waals surface area contributed by atoms with Gasteiger partial charge >= 0.3 is 0 Å². The van der Waals surface area contributed by atoms with Crippen molar-refractivity contribution >= 4 is 17.5 Å². The van der Waals surface area contributed by atoms with Gasteiger partial charge in [-0.2, -0.15) is 0 Å². The van der Waals surface area contributed by atoms with Crippen LogP contribution in [-0.4, -0.2) is 29.5 Å². The fourth-order valence-electron chi connectivity index (χ4n) is 1.80. The lowest BCUT2D eigenvalue weighted by atomic mass is 10.2. The number of carbonyl (C=O) groups is 1. The second-order valence-corrected chi connectivity index (χ2v) is 4.38. The van der Waals surface area contributed by atoms with Crippen molar-refractivity contribution in [3.63, 3.8) is 0 Å². The number of pyridine rings is 2. The molecule has 0 bridgehead atoms. The molecule has 0 aliphatic carbocycles. The van der Waals surface area contributed by atoms with E-state index in [4.69, 9.17) is 0 Å². The predicted octanol–water partition coefficient (Wildman–Crippen LogP) is 2.58. The van der Waals surface area contributed by atoms with E-state index in [-0.39, 0.29) is 5.91 Å². The quantitative estimate of drug-likeness (QED) is 0.907. The van der Waals surface area contributed by atoms with Crippen LogP contribution >= 0.6 is 0 Å². The Balaban J connectivity index is 2.25. The molecule has 0 atom stereocenters. The minimum Gasteiger partial charge on any atom is -0.369 e. The van der Waals surface area contributed by atoms with Gasteiger partial charge in [0.15, 0.2) is 0 Å². The van der Waals surface area contributed by atoms with Gasteiger partial charge in [0, 0.05) is 26.0 Å². The summed E-state index contributed by atoms with van der Waals surface area (Å²) < 4.78 is 0. The van der Waals surface area contributed by atoms with Gasteiger partial charge in [-0.05, 0) is 30.7 Å². The standard InChI is InChI=1S/C15H18N4O/c1-3-9-17-14-12(7-6-11-18-14)15(20)19(2)13-8-4-5-10-16-13/h4-8,10-11H,3,9H2,1-2H3,(H,17,18). The molecular weight excluding hydrogens is 252 g/mol. The van der Waals surface area contributed by atoms with Crippen molar-refractivity contribution in [3.05, 3.63) is 48.3 Å². The summed E-state index contributed by atoms with van der Waals surface area (Å²) in [4.78, 5) is 22.5. The molecule has 0 aromatic carbocycles. The molecule has 2 aromatic rings. The average Bonchev–Trinajstić information content (AvgIpc) is 2.52. The highest BCUT2D eigenvalue weighted by Crippen LogP contribution is 2.17. The van der Waals surface area contributed by atoms with E-state index >= 15 is 0 Å². The third kappa shape index (κ3) is 3.12. The van der Waals surface area contributed by atoms with Crippen LogP contribution < -0.4 is 10.2 Å². The topological polar surface area (TPSA) is 58.1 Å². The van der Waals surface area contributed by atoms with E-state index in [1.54, 1.807) is 37.6 Å². The summed E-state index contributed by atoms with van der Waals surface area (Å²) in [5.74, 6) is 1.10. The summed E-state index contributed by atoms with van der Waals surface area (Å²) in [5.41, 5.74) is 0.550. The molecule has 0 aliphatic rings. The van der Waals surface area contributed by atoms with Crippen LogP contribution in [-0.2, 0) is 0 Å². The maximum Gasteiger partial charge on any atom is 0.262 e. The van der Waals surface area contributed by atoms with Crippen molar-refractivity contribution in [1.82, 2.24) is 9.97 Å². The molecule has 0 aliphatic heterocycles. The highest BCUT2D eigenvalue weighted by molar-refractivity contribution is 6.08. The first-order valence-corrected chi connectivity index (χ1v) is 6.62. The van der Waals surface area contributed by atoms with E-state index in [1.165, 1.54) is 4.90 Å². The van der Waals surface area contributed by atoms with Crippen molar-refractivity contribution in [3.8, 4) is 0 Å². The van der Waals surface area contributed by atoms with Crippen LogP contribution in [0.15, 0.2) is 42.7 Å². The van der Waals surface area contributed by atoms with Gasteiger partial charge in [0.25, 0.3) is 5.91 Å². The lowest BCUT2D eigenvalue weighted by Gasteiger charge is -2.17. The van der Waals surface area contributed by atoms with Gasteiger partial charge in [-0.25, -0.2) is 9.97 Å². The number of hydrogen-bond donors (Lipinski definition) is 1. The van der Waals surface area contributed by atoms with Gasteiger partial charge < -0.3 is 5.32 Å². The Labute approximate surface area is 118 Å². The number of nitrogens with one attached hydrogen (secondary N) is 1. The maximum atomic E-state index is 12.5. The van der Waals surface area contributed by atoms with Crippen LogP contribution in [0, 0.1) is 0 Å². The van der Waals surface area contributed by atoms with E-state index in [0.717, 1.165) is 13.0 Å². The van der Waals surface area contributed by atoms with Crippen LogP contribution in [0.25, 0.3) is 0 Å². The first kappa shape index (κ1) is 14.0. The second kappa shape index (κ2) is 6.65. The van der Waals surface area contributed by atoms with Crippen molar-refractivity contribution in [2.24, 2.45) is 0 Å². The average molecular weight is 270 g/mol. The monoisotopic (exact) mass is 270 g/mol. The SMILES string of the molecule is CCCNc1ncccc1C(=O)N(C)c1ccccn1. The molecule has 0 radical (unpaired) electrons. The Morgan fingerprint density at radius 1 is 1.20 bits per heavy atom. The number of rotatable bonds is 5. The summed E-state index contributed by atoms with van der Waals surface area (Å²) in [6.07, 6.45) is 4.31. The van der Waals surface area contributed by atoms with E-state index < -0.39 is 0 Å². The minimum atomic E-state index is -0.129. The predicted molar refractivity (Wildman–Crippen MR) is 80.0 cm³/mol. The molecule has 2 rings (SSSR count). The fourth-order valence-corrected chi connectivity index (χ4v) is 1.80. The van der Waals surface area contributed by atoms with Crippen LogP contribution in [0.1, 0.15) is 23.7 Å². The molecule has 0 saturated carbocycles. The Bertz CT molecular complexity index is 571. The summed E-state index contributed by atoms with van der Waals surface area (Å²) in [7, 11) is 1.71. The molecule has 2 aromatic heterocycles. The van der Waals surface area contributed by atoms with Gasteiger partial charge in [-0.1, -0.05) is 13.0 Å². The largest absolute Gasteiger partial charge is 0.369 e. The molecule has 5 heteroatoms. The van der Waals surface area contributed by atoms with Crippen molar-refractivity contribution in [2.75, 3.05) is 23.8 Å². The van der Waals surface area contributed by atoms with Crippen molar-refractivity contribution in [2.45, 2.75) is 13.3 Å². The van der Waals surface area contributed by atoms with Crippen molar-refractivity contribution < 1.29 is 4.79 Å². The van der Waals surface area contributed by atoms with Crippen LogP contribution in [0.5, 0.6) is 0 Å². The van der Waals surface area contributed by atoms with Crippen LogP contribution in [0.4, 0.5) is 11.6 Å². The first-order chi connectivity index (χ1) is 9.74. The third-order valence-corrected chi connectivity index (χ3v) is 2.88. The fraction of sp³-hybridized carbons (Fsp3) is 0.267. The van der Waals surface area contributed by atoms with E-state index in [0.29, 0.717) is 17.2 Å². The first-order valence-electron chi connectivity index (χ1n) is 6.62. The number of aromatic nitrogens is 2. The van der Waals surface area contributed by atoms with E-state index in [9.17, 15) is 4.79 Å². The Kier molecular flexibility index (Phi) is 4.65. The number of hydrogen-bond acceptors (Lipinski definition) is 4. The summed E-state index contributed by atoms with van der Waals surface area (Å²) in [6.45, 7) is 2.85. The lowest BCUT2D eigenvalue weighted by molar-refractivity contribution is 0.0993. The van der Waals surface area contributed by atoms with Crippen molar-refractivity contribution in [1.29, 1.82) is 0 Å². The highest BCUT2D eigenvalue weighted by Gasteiger charge is 2.18. The number of carbonyl (C=O) groups excluding carboxylic acids is 1. The molecule has 20 heavy (non-hydrogen) atoms. The number of nitrogens with zero attached hydrogens (tertiary/aromatic N) is 3. The number of amides is 1. The molecule has 0 unspecified atom stereocenters. The highest BCUT2D eigenvalue weighted by atomic mass is 16.2. The van der Waals surface area contributed by atoms with E-state index in [1.807, 2.05) is 12.1 Å². The molecule has 5 nitrogen and oxygen atoms in total. The summed E-state index contributed by atoms with van der Waals surface area (Å²) in [6, 6.07) is 9.00. The van der Waals surface area contributed by atoms with Gasteiger partial charge in [0.05, 0.1) is 5.56 Å². The molecule has 0 spiro atoms. The zero-order valence-corrected chi connectivity index (χ0v) is 11.7. The van der Waals surface area contributed by atoms with E-state index in [2.05, 4.69) is 22.2 Å². The molecule has 2 heterocycles. The van der Waals surface area contributed by atoms with Crippen LogP contribution in [0.3, 0.4) is 0 Å². The second-order valence-electron chi connectivity index (χ2n) is 4.38. The minimum absolute atomic E-state index is 0.129. The maximum absolute atomic E-state index is 12.5. The summed E-state index contributed by atoms with van der Waals surface area (Å²) >= 11 is 0. The van der Waals surface area contributed by atoms with Crippen LogP contribution in [0.2, 0.25) is 0 Å². The normalized spacial score (nSPS) is 10.1. The Morgan fingerprint density at radius 3 is 2.70 bits per heavy atom. The van der Waals surface area contributed by atoms with Gasteiger partial charge in [-0.3, -0.25) is 9.69 Å². The molecular formula is C15H18N4O. The van der Waals surface area contributed by atoms with Gasteiger partial charge in [0.1, 0.15) is 11.6 Å². The third-order valence-electron chi connectivity index (χ3n) is 2.88. The zero-order valence-electron chi connectivity index (χ0n) is 11.7. The molecule has 1 amide bonds. The molecule has 104 valence electrons. The molecule has 0 saturated heterocycles.